The summed E-state index contributed by atoms with van der Waals surface area (Å²) in [5.74, 6) is 1.61. The standard InChI is InChI=1S/C24H26N2O3/c1-18(29-23-10-7-19-5-3-4-6-20(19)17-23)24(27)26-15-13-25(14-16-26)21-8-11-22(28-2)12-9-21/h3-12,17-18H,13-16H2,1-2H3. The van der Waals surface area contributed by atoms with Gasteiger partial charge < -0.3 is 19.3 Å². The van der Waals surface area contributed by atoms with Crippen LogP contribution in [0.2, 0.25) is 0 Å². The molecule has 1 amide bonds. The lowest BCUT2D eigenvalue weighted by molar-refractivity contribution is -0.138. The SMILES string of the molecule is COc1ccc(N2CCN(C(=O)C(C)Oc3ccc4ccccc4c3)CC2)cc1. The highest BCUT2D eigenvalue weighted by atomic mass is 16.5. The van der Waals surface area contributed by atoms with Crippen molar-refractivity contribution in [2.24, 2.45) is 0 Å². The van der Waals surface area contributed by atoms with E-state index in [-0.39, 0.29) is 5.91 Å². The molecule has 1 atom stereocenters. The molecule has 0 N–H and O–H groups in total. The van der Waals surface area contributed by atoms with Gasteiger partial charge in [0.25, 0.3) is 5.91 Å². The number of hydrogen-bond donors (Lipinski definition) is 0. The van der Waals surface area contributed by atoms with Crippen molar-refractivity contribution in [2.75, 3.05) is 38.2 Å². The van der Waals surface area contributed by atoms with Crippen LogP contribution in [0.15, 0.2) is 66.7 Å². The first kappa shape index (κ1) is 19.1. The molecular weight excluding hydrogens is 364 g/mol. The fourth-order valence-electron chi connectivity index (χ4n) is 3.73. The molecule has 3 aromatic carbocycles. The second kappa shape index (κ2) is 8.43. The molecular formula is C24H26N2O3. The highest BCUT2D eigenvalue weighted by Crippen LogP contribution is 2.23. The van der Waals surface area contributed by atoms with E-state index in [0.717, 1.165) is 41.0 Å². The Balaban J connectivity index is 1.34. The Labute approximate surface area is 171 Å². The van der Waals surface area contributed by atoms with Crippen LogP contribution in [0.5, 0.6) is 11.5 Å². The molecule has 1 saturated heterocycles. The minimum absolute atomic E-state index is 0.0348. The van der Waals surface area contributed by atoms with Crippen molar-refractivity contribution in [3.63, 3.8) is 0 Å². The number of amides is 1. The summed E-state index contributed by atoms with van der Waals surface area (Å²) in [6, 6.07) is 22.1. The lowest BCUT2D eigenvalue weighted by Crippen LogP contribution is -2.52. The predicted octanol–water partition coefficient (Wildman–Crippen LogP) is 3.96. The molecule has 5 heteroatoms. The van der Waals surface area contributed by atoms with Crippen LogP contribution < -0.4 is 14.4 Å². The summed E-state index contributed by atoms with van der Waals surface area (Å²) in [7, 11) is 1.67. The first-order valence-electron chi connectivity index (χ1n) is 9.97. The van der Waals surface area contributed by atoms with Gasteiger partial charge in [0.05, 0.1) is 7.11 Å². The van der Waals surface area contributed by atoms with Crippen LogP contribution in [-0.4, -0.2) is 50.2 Å². The highest BCUT2D eigenvalue weighted by Gasteiger charge is 2.26. The summed E-state index contributed by atoms with van der Waals surface area (Å²) in [6.07, 6.45) is -0.510. The van der Waals surface area contributed by atoms with Crippen molar-refractivity contribution >= 4 is 22.4 Å². The Bertz CT molecular complexity index is 979. The maximum atomic E-state index is 12.9. The Morgan fingerprint density at radius 2 is 1.52 bits per heavy atom. The zero-order valence-corrected chi connectivity index (χ0v) is 16.9. The molecule has 0 spiro atoms. The average Bonchev–Trinajstić information content (AvgIpc) is 2.78. The van der Waals surface area contributed by atoms with E-state index in [2.05, 4.69) is 23.1 Å². The lowest BCUT2D eigenvalue weighted by Gasteiger charge is -2.37. The molecule has 0 aliphatic carbocycles. The second-order valence-corrected chi connectivity index (χ2v) is 7.28. The van der Waals surface area contributed by atoms with Crippen LogP contribution in [-0.2, 0) is 4.79 Å². The Hall–Kier alpha value is -3.21. The van der Waals surface area contributed by atoms with Gasteiger partial charge >= 0.3 is 0 Å². The third-order valence-electron chi connectivity index (χ3n) is 5.41. The minimum atomic E-state index is -0.510. The van der Waals surface area contributed by atoms with Crippen LogP contribution >= 0.6 is 0 Å². The fraction of sp³-hybridized carbons (Fsp3) is 0.292. The van der Waals surface area contributed by atoms with E-state index >= 15 is 0 Å². The normalized spacial score (nSPS) is 15.2. The number of benzene rings is 3. The largest absolute Gasteiger partial charge is 0.497 e. The Morgan fingerprint density at radius 1 is 0.862 bits per heavy atom. The molecule has 0 radical (unpaired) electrons. The van der Waals surface area contributed by atoms with Crippen molar-refractivity contribution in [3.05, 3.63) is 66.7 Å². The number of carbonyl (C=O) groups excluding carboxylic acids is 1. The highest BCUT2D eigenvalue weighted by molar-refractivity contribution is 5.84. The van der Waals surface area contributed by atoms with Gasteiger partial charge in [0.1, 0.15) is 11.5 Å². The Kier molecular flexibility index (Phi) is 5.56. The van der Waals surface area contributed by atoms with Crippen LogP contribution in [0.4, 0.5) is 5.69 Å². The van der Waals surface area contributed by atoms with Gasteiger partial charge in [-0.3, -0.25) is 4.79 Å². The van der Waals surface area contributed by atoms with E-state index in [1.165, 1.54) is 0 Å². The van der Waals surface area contributed by atoms with Crippen molar-refractivity contribution in [1.82, 2.24) is 4.90 Å². The minimum Gasteiger partial charge on any atom is -0.497 e. The van der Waals surface area contributed by atoms with Crippen LogP contribution in [0.25, 0.3) is 10.8 Å². The number of ether oxygens (including phenoxy) is 2. The molecule has 1 aliphatic rings. The number of fused-ring (bicyclic) bond motifs is 1. The summed E-state index contributed by atoms with van der Waals surface area (Å²) in [5, 5.41) is 2.27. The fourth-order valence-corrected chi connectivity index (χ4v) is 3.73. The van der Waals surface area contributed by atoms with E-state index < -0.39 is 6.10 Å². The molecule has 1 heterocycles. The molecule has 0 bridgehead atoms. The smallest absolute Gasteiger partial charge is 0.263 e. The zero-order valence-electron chi connectivity index (χ0n) is 16.9. The second-order valence-electron chi connectivity index (χ2n) is 7.28. The summed E-state index contributed by atoms with van der Waals surface area (Å²) in [6.45, 7) is 4.82. The number of piperazine rings is 1. The first-order chi connectivity index (χ1) is 14.1. The molecule has 3 aromatic rings. The van der Waals surface area contributed by atoms with E-state index in [0.29, 0.717) is 13.1 Å². The van der Waals surface area contributed by atoms with Crippen LogP contribution in [0.3, 0.4) is 0 Å². The Morgan fingerprint density at radius 3 is 2.21 bits per heavy atom. The molecule has 29 heavy (non-hydrogen) atoms. The number of carbonyl (C=O) groups is 1. The number of methoxy groups -OCH3 is 1. The lowest BCUT2D eigenvalue weighted by atomic mass is 10.1. The van der Waals surface area contributed by atoms with Gasteiger partial charge in [-0.1, -0.05) is 30.3 Å². The monoisotopic (exact) mass is 390 g/mol. The molecule has 150 valence electrons. The molecule has 0 saturated carbocycles. The topological polar surface area (TPSA) is 42.0 Å². The molecule has 1 unspecified atom stereocenters. The average molecular weight is 390 g/mol. The predicted molar refractivity (Wildman–Crippen MR) is 116 cm³/mol. The van der Waals surface area contributed by atoms with Gasteiger partial charge in [-0.25, -0.2) is 0 Å². The number of anilines is 1. The van der Waals surface area contributed by atoms with Gasteiger partial charge in [-0.05, 0) is 54.1 Å². The molecule has 4 rings (SSSR count). The van der Waals surface area contributed by atoms with Crippen molar-refractivity contribution in [2.45, 2.75) is 13.0 Å². The van der Waals surface area contributed by atoms with E-state index in [1.807, 2.05) is 60.4 Å². The summed E-state index contributed by atoms with van der Waals surface area (Å²) in [5.41, 5.74) is 1.15. The van der Waals surface area contributed by atoms with Gasteiger partial charge in [-0.2, -0.15) is 0 Å². The maximum Gasteiger partial charge on any atom is 0.263 e. The maximum absolute atomic E-state index is 12.9. The van der Waals surface area contributed by atoms with E-state index in [9.17, 15) is 4.79 Å². The third kappa shape index (κ3) is 4.29. The van der Waals surface area contributed by atoms with Gasteiger partial charge in [-0.15, -0.1) is 0 Å². The summed E-state index contributed by atoms with van der Waals surface area (Å²) in [4.78, 5) is 17.0. The van der Waals surface area contributed by atoms with Crippen molar-refractivity contribution < 1.29 is 14.3 Å². The molecule has 1 aliphatic heterocycles. The molecule has 0 aromatic heterocycles. The van der Waals surface area contributed by atoms with Gasteiger partial charge in [0.2, 0.25) is 0 Å². The van der Waals surface area contributed by atoms with Crippen LogP contribution in [0.1, 0.15) is 6.92 Å². The van der Waals surface area contributed by atoms with Crippen molar-refractivity contribution in [3.8, 4) is 11.5 Å². The van der Waals surface area contributed by atoms with Crippen LogP contribution in [0, 0.1) is 0 Å². The van der Waals surface area contributed by atoms with Gasteiger partial charge in [0, 0.05) is 31.9 Å². The van der Waals surface area contributed by atoms with E-state index in [1.54, 1.807) is 7.11 Å². The summed E-state index contributed by atoms with van der Waals surface area (Å²) < 4.78 is 11.2. The van der Waals surface area contributed by atoms with Crippen molar-refractivity contribution in [1.29, 1.82) is 0 Å². The first-order valence-corrected chi connectivity index (χ1v) is 9.97. The number of nitrogens with zero attached hydrogens (tertiary/aromatic N) is 2. The number of rotatable bonds is 5. The number of hydrogen-bond acceptors (Lipinski definition) is 4. The quantitative estimate of drug-likeness (QED) is 0.661. The van der Waals surface area contributed by atoms with E-state index in [4.69, 9.17) is 9.47 Å². The zero-order chi connectivity index (χ0) is 20.2. The summed E-state index contributed by atoms with van der Waals surface area (Å²) >= 11 is 0. The molecule has 5 nitrogen and oxygen atoms in total. The van der Waals surface area contributed by atoms with Gasteiger partial charge in [0.15, 0.2) is 6.10 Å². The molecule has 1 fully saturated rings. The third-order valence-corrected chi connectivity index (χ3v) is 5.41.